The molecule has 0 saturated carbocycles. The number of carbonyl (C=O) groups is 2. The van der Waals surface area contributed by atoms with Crippen molar-refractivity contribution in [1.29, 1.82) is 0 Å². The summed E-state index contributed by atoms with van der Waals surface area (Å²) >= 11 is 0. The zero-order valence-corrected chi connectivity index (χ0v) is 16.1. The molecule has 1 heterocycles. The number of hydrogen-bond donors (Lipinski definition) is 2. The van der Waals surface area contributed by atoms with Crippen LogP contribution in [0.1, 0.15) is 21.7 Å². The zero-order valence-electron chi connectivity index (χ0n) is 16.1. The van der Waals surface area contributed by atoms with E-state index in [4.69, 9.17) is 9.15 Å². The predicted octanol–water partition coefficient (Wildman–Crippen LogP) is 3.42. The zero-order chi connectivity index (χ0) is 20.5. The maximum Gasteiger partial charge on any atom is 0.267 e. The molecule has 0 aliphatic rings. The number of amides is 2. The molecule has 0 unspecified atom stereocenters. The molecule has 3 aromatic rings. The van der Waals surface area contributed by atoms with Crippen molar-refractivity contribution in [2.75, 3.05) is 13.7 Å². The van der Waals surface area contributed by atoms with Crippen LogP contribution >= 0.6 is 0 Å². The van der Waals surface area contributed by atoms with Gasteiger partial charge in [0, 0.05) is 18.2 Å². The SMILES string of the molecule is COc1ccc(CCNC(=O)/C(=C\c2ccco2)NC(=O)c2ccccc2)cc1. The van der Waals surface area contributed by atoms with E-state index in [0.717, 1.165) is 11.3 Å². The minimum atomic E-state index is -0.390. The second kappa shape index (κ2) is 9.94. The van der Waals surface area contributed by atoms with E-state index in [1.807, 2.05) is 30.3 Å². The third-order valence-corrected chi connectivity index (χ3v) is 4.22. The highest BCUT2D eigenvalue weighted by molar-refractivity contribution is 6.05. The van der Waals surface area contributed by atoms with Crippen LogP contribution in [0.4, 0.5) is 0 Å². The molecule has 6 heteroatoms. The van der Waals surface area contributed by atoms with Gasteiger partial charge in [-0.05, 0) is 48.4 Å². The van der Waals surface area contributed by atoms with Gasteiger partial charge < -0.3 is 19.8 Å². The van der Waals surface area contributed by atoms with E-state index in [0.29, 0.717) is 24.3 Å². The van der Waals surface area contributed by atoms with Crippen molar-refractivity contribution >= 4 is 17.9 Å². The normalized spacial score (nSPS) is 11.0. The van der Waals surface area contributed by atoms with Crippen molar-refractivity contribution in [2.45, 2.75) is 6.42 Å². The second-order valence-corrected chi connectivity index (χ2v) is 6.25. The molecular weight excluding hydrogens is 368 g/mol. The van der Waals surface area contributed by atoms with Gasteiger partial charge >= 0.3 is 0 Å². The van der Waals surface area contributed by atoms with Gasteiger partial charge in [-0.25, -0.2) is 0 Å². The minimum Gasteiger partial charge on any atom is -0.497 e. The summed E-state index contributed by atoms with van der Waals surface area (Å²) < 4.78 is 10.4. The number of nitrogens with one attached hydrogen (secondary N) is 2. The maximum atomic E-state index is 12.7. The third-order valence-electron chi connectivity index (χ3n) is 4.22. The number of hydrogen-bond acceptors (Lipinski definition) is 4. The number of furan rings is 1. The fourth-order valence-corrected chi connectivity index (χ4v) is 2.67. The summed E-state index contributed by atoms with van der Waals surface area (Å²) in [6.45, 7) is 0.419. The first kappa shape index (κ1) is 19.9. The first-order valence-electron chi connectivity index (χ1n) is 9.18. The van der Waals surface area contributed by atoms with Gasteiger partial charge in [0.15, 0.2) is 0 Å². The second-order valence-electron chi connectivity index (χ2n) is 6.25. The van der Waals surface area contributed by atoms with Crippen LogP contribution in [0, 0.1) is 0 Å². The van der Waals surface area contributed by atoms with Crippen molar-refractivity contribution in [1.82, 2.24) is 10.6 Å². The van der Waals surface area contributed by atoms with Gasteiger partial charge in [-0.1, -0.05) is 30.3 Å². The lowest BCUT2D eigenvalue weighted by molar-refractivity contribution is -0.117. The molecule has 0 aliphatic heterocycles. The topological polar surface area (TPSA) is 80.6 Å². The lowest BCUT2D eigenvalue weighted by atomic mass is 10.1. The van der Waals surface area contributed by atoms with E-state index < -0.39 is 0 Å². The molecule has 0 bridgehead atoms. The summed E-state index contributed by atoms with van der Waals surface area (Å²) in [5.74, 6) is 0.497. The van der Waals surface area contributed by atoms with E-state index in [1.54, 1.807) is 43.5 Å². The van der Waals surface area contributed by atoms with E-state index in [-0.39, 0.29) is 17.5 Å². The highest BCUT2D eigenvalue weighted by Gasteiger charge is 2.15. The first-order valence-corrected chi connectivity index (χ1v) is 9.18. The Labute approximate surface area is 169 Å². The van der Waals surface area contributed by atoms with E-state index in [9.17, 15) is 9.59 Å². The van der Waals surface area contributed by atoms with Gasteiger partial charge in [-0.15, -0.1) is 0 Å². The molecule has 2 amide bonds. The molecule has 148 valence electrons. The number of carbonyl (C=O) groups excluding carboxylic acids is 2. The lowest BCUT2D eigenvalue weighted by Crippen LogP contribution is -2.35. The highest BCUT2D eigenvalue weighted by Crippen LogP contribution is 2.12. The van der Waals surface area contributed by atoms with Crippen LogP contribution < -0.4 is 15.4 Å². The summed E-state index contributed by atoms with van der Waals surface area (Å²) in [4.78, 5) is 25.1. The maximum absolute atomic E-state index is 12.7. The lowest BCUT2D eigenvalue weighted by Gasteiger charge is -2.11. The molecule has 3 rings (SSSR count). The molecule has 2 N–H and O–H groups in total. The third kappa shape index (κ3) is 5.84. The summed E-state index contributed by atoms with van der Waals surface area (Å²) in [6.07, 6.45) is 3.66. The molecule has 0 spiro atoms. The highest BCUT2D eigenvalue weighted by atomic mass is 16.5. The average Bonchev–Trinajstić information content (AvgIpc) is 3.27. The van der Waals surface area contributed by atoms with Crippen molar-refractivity contribution in [3.63, 3.8) is 0 Å². The molecular formula is C23H22N2O4. The molecule has 0 fully saturated rings. The minimum absolute atomic E-state index is 0.114. The van der Waals surface area contributed by atoms with E-state index in [2.05, 4.69) is 10.6 Å². The van der Waals surface area contributed by atoms with Crippen LogP contribution in [-0.4, -0.2) is 25.5 Å². The summed E-state index contributed by atoms with van der Waals surface area (Å²) in [6, 6.07) is 19.8. The fourth-order valence-electron chi connectivity index (χ4n) is 2.67. The Bertz CT molecular complexity index is 962. The molecule has 0 aliphatic carbocycles. The Morgan fingerprint density at radius 3 is 2.41 bits per heavy atom. The number of ether oxygens (including phenoxy) is 1. The van der Waals surface area contributed by atoms with E-state index >= 15 is 0 Å². The number of methoxy groups -OCH3 is 1. The van der Waals surface area contributed by atoms with Gasteiger partial charge in [-0.2, -0.15) is 0 Å². The first-order chi connectivity index (χ1) is 14.2. The van der Waals surface area contributed by atoms with Crippen LogP contribution in [0.15, 0.2) is 83.1 Å². The van der Waals surface area contributed by atoms with Gasteiger partial charge in [0.25, 0.3) is 11.8 Å². The molecule has 29 heavy (non-hydrogen) atoms. The van der Waals surface area contributed by atoms with Gasteiger partial charge in [0.2, 0.25) is 0 Å². The van der Waals surface area contributed by atoms with Crippen molar-refractivity contribution in [2.24, 2.45) is 0 Å². The Balaban J connectivity index is 1.65. The predicted molar refractivity (Wildman–Crippen MR) is 110 cm³/mol. The Hall–Kier alpha value is -3.80. The largest absolute Gasteiger partial charge is 0.497 e. The van der Waals surface area contributed by atoms with Crippen molar-refractivity contribution < 1.29 is 18.7 Å². The van der Waals surface area contributed by atoms with Crippen LogP contribution in [0.25, 0.3) is 6.08 Å². The Kier molecular flexibility index (Phi) is 6.84. The van der Waals surface area contributed by atoms with Crippen molar-refractivity contribution in [3.8, 4) is 5.75 Å². The average molecular weight is 390 g/mol. The smallest absolute Gasteiger partial charge is 0.267 e. The van der Waals surface area contributed by atoms with Crippen LogP contribution in [0.2, 0.25) is 0 Å². The monoisotopic (exact) mass is 390 g/mol. The van der Waals surface area contributed by atoms with Crippen LogP contribution in [0.5, 0.6) is 5.75 Å². The summed E-state index contributed by atoms with van der Waals surface area (Å²) in [5, 5.41) is 5.50. The number of rotatable bonds is 8. The van der Waals surface area contributed by atoms with Crippen LogP contribution in [-0.2, 0) is 11.2 Å². The number of benzene rings is 2. The fraction of sp³-hybridized carbons (Fsp3) is 0.130. The van der Waals surface area contributed by atoms with Crippen LogP contribution in [0.3, 0.4) is 0 Å². The molecule has 2 aromatic carbocycles. The molecule has 6 nitrogen and oxygen atoms in total. The van der Waals surface area contributed by atoms with Crippen molar-refractivity contribution in [3.05, 3.63) is 95.6 Å². The molecule has 0 radical (unpaired) electrons. The Morgan fingerprint density at radius 2 is 1.76 bits per heavy atom. The van der Waals surface area contributed by atoms with Gasteiger partial charge in [-0.3, -0.25) is 9.59 Å². The molecule has 1 aromatic heterocycles. The molecule has 0 atom stereocenters. The Morgan fingerprint density at radius 1 is 1.00 bits per heavy atom. The molecule has 0 saturated heterocycles. The quantitative estimate of drug-likeness (QED) is 0.578. The van der Waals surface area contributed by atoms with E-state index in [1.165, 1.54) is 12.3 Å². The van der Waals surface area contributed by atoms with Gasteiger partial charge in [0.05, 0.1) is 13.4 Å². The standard InChI is InChI=1S/C23H22N2O4/c1-28-19-11-9-17(10-12-19)13-14-24-23(27)21(16-20-8-5-15-29-20)25-22(26)18-6-3-2-4-7-18/h2-12,15-16H,13-14H2,1H3,(H,24,27)(H,25,26)/b21-16+. The summed E-state index contributed by atoms with van der Waals surface area (Å²) in [7, 11) is 1.62. The summed E-state index contributed by atoms with van der Waals surface area (Å²) in [5.41, 5.74) is 1.64. The van der Waals surface area contributed by atoms with Gasteiger partial charge in [0.1, 0.15) is 17.2 Å².